The van der Waals surface area contributed by atoms with Gasteiger partial charge in [-0.2, -0.15) is 0 Å². The predicted octanol–water partition coefficient (Wildman–Crippen LogP) is 5.26. The standard InChI is InChI=1S/C22H16INO3/c23-16-8-4-7-15(11-16)22-24-18-13-20-19(25-9-10-26-20)12-17(18)21(27-22)14-5-2-1-3-6-14/h1-8,11-13,21H,9-10H2/t21-/m1/s1. The van der Waals surface area contributed by atoms with Crippen molar-refractivity contribution in [3.05, 3.63) is 87.0 Å². The number of hydrogen-bond acceptors (Lipinski definition) is 4. The lowest BCUT2D eigenvalue weighted by Crippen LogP contribution is -2.20. The Hall–Kier alpha value is -2.54. The van der Waals surface area contributed by atoms with Crippen LogP contribution in [0.3, 0.4) is 0 Å². The molecule has 0 radical (unpaired) electrons. The summed E-state index contributed by atoms with van der Waals surface area (Å²) in [6.45, 7) is 1.11. The third-order valence-electron chi connectivity index (χ3n) is 4.60. The number of benzene rings is 3. The molecule has 2 aliphatic rings. The second-order valence-corrected chi connectivity index (χ2v) is 7.64. The molecule has 0 N–H and O–H groups in total. The van der Waals surface area contributed by atoms with Crippen LogP contribution in [-0.4, -0.2) is 19.1 Å². The van der Waals surface area contributed by atoms with Gasteiger partial charge < -0.3 is 14.2 Å². The van der Waals surface area contributed by atoms with E-state index < -0.39 is 0 Å². The topological polar surface area (TPSA) is 40.0 Å². The molecule has 2 heterocycles. The maximum Gasteiger partial charge on any atom is 0.222 e. The molecule has 0 unspecified atom stereocenters. The van der Waals surface area contributed by atoms with Crippen molar-refractivity contribution in [3.63, 3.8) is 0 Å². The molecule has 134 valence electrons. The lowest BCUT2D eigenvalue weighted by Gasteiger charge is -2.28. The number of rotatable bonds is 2. The number of halogens is 1. The van der Waals surface area contributed by atoms with Crippen LogP contribution in [0.15, 0.2) is 71.7 Å². The zero-order chi connectivity index (χ0) is 18.2. The molecular formula is C22H16INO3. The van der Waals surface area contributed by atoms with Crippen LogP contribution in [0.1, 0.15) is 22.8 Å². The van der Waals surface area contributed by atoms with Crippen LogP contribution in [0, 0.1) is 3.57 Å². The van der Waals surface area contributed by atoms with E-state index >= 15 is 0 Å². The lowest BCUT2D eigenvalue weighted by atomic mass is 9.97. The molecule has 0 aromatic heterocycles. The van der Waals surface area contributed by atoms with Crippen molar-refractivity contribution >= 4 is 34.2 Å². The van der Waals surface area contributed by atoms with Crippen LogP contribution in [-0.2, 0) is 4.74 Å². The zero-order valence-electron chi connectivity index (χ0n) is 14.4. The first kappa shape index (κ1) is 16.6. The minimum absolute atomic E-state index is 0.248. The van der Waals surface area contributed by atoms with Crippen molar-refractivity contribution in [3.8, 4) is 11.5 Å². The molecular weight excluding hydrogens is 453 g/mol. The van der Waals surface area contributed by atoms with E-state index in [4.69, 9.17) is 19.2 Å². The third-order valence-corrected chi connectivity index (χ3v) is 5.27. The maximum atomic E-state index is 6.38. The van der Waals surface area contributed by atoms with Crippen LogP contribution in [0.5, 0.6) is 11.5 Å². The van der Waals surface area contributed by atoms with Gasteiger partial charge in [-0.3, -0.25) is 0 Å². The number of hydrogen-bond donors (Lipinski definition) is 0. The molecule has 3 aromatic rings. The quantitative estimate of drug-likeness (QED) is 0.481. The van der Waals surface area contributed by atoms with E-state index in [9.17, 15) is 0 Å². The van der Waals surface area contributed by atoms with Gasteiger partial charge in [-0.25, -0.2) is 4.99 Å². The monoisotopic (exact) mass is 469 g/mol. The summed E-state index contributed by atoms with van der Waals surface area (Å²) in [5.41, 5.74) is 3.88. The highest BCUT2D eigenvalue weighted by Gasteiger charge is 2.29. The zero-order valence-corrected chi connectivity index (χ0v) is 16.5. The Morgan fingerprint density at radius 3 is 2.41 bits per heavy atom. The van der Waals surface area contributed by atoms with Crippen molar-refractivity contribution in [1.29, 1.82) is 0 Å². The van der Waals surface area contributed by atoms with Crippen molar-refractivity contribution < 1.29 is 14.2 Å². The van der Waals surface area contributed by atoms with Crippen molar-refractivity contribution in [1.82, 2.24) is 0 Å². The van der Waals surface area contributed by atoms with Crippen LogP contribution in [0.4, 0.5) is 5.69 Å². The SMILES string of the molecule is Ic1cccc(C2=Nc3cc4c(cc3[C@@H](c3ccccc3)O2)OCCO4)c1. The average molecular weight is 469 g/mol. The van der Waals surface area contributed by atoms with Gasteiger partial charge >= 0.3 is 0 Å². The summed E-state index contributed by atoms with van der Waals surface area (Å²) in [4.78, 5) is 4.80. The van der Waals surface area contributed by atoms with Gasteiger partial charge in [0.25, 0.3) is 0 Å². The van der Waals surface area contributed by atoms with Gasteiger partial charge in [-0.05, 0) is 52.4 Å². The molecule has 0 fully saturated rings. The van der Waals surface area contributed by atoms with Crippen molar-refractivity contribution in [2.24, 2.45) is 4.99 Å². The first-order chi connectivity index (χ1) is 13.3. The van der Waals surface area contributed by atoms with Crippen LogP contribution in [0.2, 0.25) is 0 Å². The van der Waals surface area contributed by atoms with E-state index in [0.29, 0.717) is 19.1 Å². The van der Waals surface area contributed by atoms with Gasteiger partial charge in [0.05, 0.1) is 5.69 Å². The van der Waals surface area contributed by atoms with E-state index in [2.05, 4.69) is 46.9 Å². The second-order valence-electron chi connectivity index (χ2n) is 6.39. The van der Waals surface area contributed by atoms with Gasteiger partial charge in [0.2, 0.25) is 5.90 Å². The molecule has 0 saturated heterocycles. The highest BCUT2D eigenvalue weighted by Crippen LogP contribution is 2.45. The molecule has 0 bridgehead atoms. The summed E-state index contributed by atoms with van der Waals surface area (Å²) in [6.07, 6.45) is -0.248. The van der Waals surface area contributed by atoms with Crippen LogP contribution >= 0.6 is 22.6 Å². The molecule has 1 atom stereocenters. The van der Waals surface area contributed by atoms with E-state index in [1.54, 1.807) is 0 Å². The number of fused-ring (bicyclic) bond motifs is 2. The molecule has 0 amide bonds. The van der Waals surface area contributed by atoms with E-state index in [1.807, 2.05) is 42.5 Å². The fourth-order valence-electron chi connectivity index (χ4n) is 3.34. The van der Waals surface area contributed by atoms with E-state index in [0.717, 1.165) is 37.4 Å². The Labute approximate surface area is 170 Å². The number of nitrogens with zero attached hydrogens (tertiary/aromatic N) is 1. The molecule has 27 heavy (non-hydrogen) atoms. The lowest BCUT2D eigenvalue weighted by molar-refractivity contribution is 0.170. The van der Waals surface area contributed by atoms with Gasteiger partial charge in [0.1, 0.15) is 13.2 Å². The van der Waals surface area contributed by atoms with Gasteiger partial charge in [-0.15, -0.1) is 0 Å². The molecule has 2 aliphatic heterocycles. The van der Waals surface area contributed by atoms with Crippen LogP contribution in [0.25, 0.3) is 0 Å². The highest BCUT2D eigenvalue weighted by molar-refractivity contribution is 14.1. The predicted molar refractivity (Wildman–Crippen MR) is 112 cm³/mol. The number of ether oxygens (including phenoxy) is 3. The molecule has 0 spiro atoms. The molecule has 0 aliphatic carbocycles. The first-order valence-electron chi connectivity index (χ1n) is 8.78. The van der Waals surface area contributed by atoms with Crippen molar-refractivity contribution in [2.75, 3.05) is 13.2 Å². The Bertz CT molecular complexity index is 1030. The smallest absolute Gasteiger partial charge is 0.222 e. The van der Waals surface area contributed by atoms with Crippen LogP contribution < -0.4 is 9.47 Å². The largest absolute Gasteiger partial charge is 0.486 e. The minimum Gasteiger partial charge on any atom is -0.486 e. The van der Waals surface area contributed by atoms with Gasteiger partial charge in [0.15, 0.2) is 17.6 Å². The summed E-state index contributed by atoms with van der Waals surface area (Å²) in [5.74, 6) is 2.10. The molecule has 5 heteroatoms. The molecule has 0 saturated carbocycles. The Balaban J connectivity index is 1.67. The van der Waals surface area contributed by atoms with Crippen molar-refractivity contribution in [2.45, 2.75) is 6.10 Å². The summed E-state index contributed by atoms with van der Waals surface area (Å²) in [5, 5.41) is 0. The van der Waals surface area contributed by atoms with E-state index in [-0.39, 0.29) is 6.10 Å². The fraction of sp³-hybridized carbons (Fsp3) is 0.136. The Morgan fingerprint density at radius 1 is 0.852 bits per heavy atom. The molecule has 4 nitrogen and oxygen atoms in total. The second kappa shape index (κ2) is 6.88. The summed E-state index contributed by atoms with van der Waals surface area (Å²) >= 11 is 2.30. The maximum absolute atomic E-state index is 6.38. The van der Waals surface area contributed by atoms with Gasteiger partial charge in [0, 0.05) is 20.8 Å². The summed E-state index contributed by atoms with van der Waals surface area (Å²) < 4.78 is 19.0. The summed E-state index contributed by atoms with van der Waals surface area (Å²) in [7, 11) is 0. The summed E-state index contributed by atoms with van der Waals surface area (Å²) in [6, 6.07) is 22.3. The Kier molecular flexibility index (Phi) is 4.24. The number of aliphatic imine (C=N–C) groups is 1. The first-order valence-corrected chi connectivity index (χ1v) is 9.85. The molecule has 3 aromatic carbocycles. The highest BCUT2D eigenvalue weighted by atomic mass is 127. The average Bonchev–Trinajstić information content (AvgIpc) is 2.72. The molecule has 5 rings (SSSR count). The third kappa shape index (κ3) is 3.16. The Morgan fingerprint density at radius 2 is 1.63 bits per heavy atom. The minimum atomic E-state index is -0.248. The fourth-order valence-corrected chi connectivity index (χ4v) is 3.88. The normalized spacial score (nSPS) is 17.5. The van der Waals surface area contributed by atoms with Gasteiger partial charge in [-0.1, -0.05) is 36.4 Å². The van der Waals surface area contributed by atoms with E-state index in [1.165, 1.54) is 0 Å².